The van der Waals surface area contributed by atoms with Crippen molar-refractivity contribution in [2.24, 2.45) is 17.8 Å². The molecule has 1 heterocycles. The smallest absolute Gasteiger partial charge is 0.0754 e. The molecular formula is C14H24O. The van der Waals surface area contributed by atoms with Gasteiger partial charge in [-0.15, -0.1) is 0 Å². The highest BCUT2D eigenvalue weighted by molar-refractivity contribution is 5.04. The molecule has 0 bridgehead atoms. The van der Waals surface area contributed by atoms with Gasteiger partial charge in [-0.25, -0.2) is 0 Å². The van der Waals surface area contributed by atoms with Crippen LogP contribution in [0, 0.1) is 17.8 Å². The lowest BCUT2D eigenvalue weighted by Crippen LogP contribution is -2.48. The second-order valence-corrected chi connectivity index (χ2v) is 5.79. The van der Waals surface area contributed by atoms with Crippen molar-refractivity contribution < 1.29 is 4.74 Å². The van der Waals surface area contributed by atoms with E-state index in [0.717, 1.165) is 30.8 Å². The molecule has 0 unspecified atom stereocenters. The summed E-state index contributed by atoms with van der Waals surface area (Å²) in [5.41, 5.74) is 0.181. The van der Waals surface area contributed by atoms with Gasteiger partial charge in [0, 0.05) is 0 Å². The van der Waals surface area contributed by atoms with Crippen LogP contribution < -0.4 is 0 Å². The number of ether oxygens (including phenoxy) is 1. The van der Waals surface area contributed by atoms with Crippen molar-refractivity contribution in [3.8, 4) is 0 Å². The first kappa shape index (κ1) is 11.2. The van der Waals surface area contributed by atoms with Crippen LogP contribution in [0.3, 0.4) is 0 Å². The molecular weight excluding hydrogens is 184 g/mol. The molecule has 86 valence electrons. The molecule has 15 heavy (non-hydrogen) atoms. The predicted octanol–water partition coefficient (Wildman–Crippen LogP) is 3.79. The largest absolute Gasteiger partial charge is 0.370 e. The zero-order valence-corrected chi connectivity index (χ0v) is 10.3. The zero-order chi connectivity index (χ0) is 10.9. The van der Waals surface area contributed by atoms with Crippen LogP contribution in [0.15, 0.2) is 12.2 Å². The molecule has 1 saturated carbocycles. The average Bonchev–Trinajstić information content (AvgIpc) is 2.18. The van der Waals surface area contributed by atoms with E-state index in [4.69, 9.17) is 4.74 Å². The van der Waals surface area contributed by atoms with Crippen molar-refractivity contribution in [1.29, 1.82) is 0 Å². The van der Waals surface area contributed by atoms with Crippen LogP contribution in [0.1, 0.15) is 46.5 Å². The summed E-state index contributed by atoms with van der Waals surface area (Å²) < 4.78 is 6.16. The molecule has 3 atom stereocenters. The van der Waals surface area contributed by atoms with Crippen LogP contribution in [0.2, 0.25) is 0 Å². The quantitative estimate of drug-likeness (QED) is 0.596. The maximum Gasteiger partial charge on any atom is 0.0754 e. The Kier molecular flexibility index (Phi) is 3.20. The normalized spacial score (nSPS) is 41.3. The second-order valence-electron chi connectivity index (χ2n) is 5.79. The fraction of sp³-hybridized carbons (Fsp3) is 0.857. The molecule has 1 spiro atoms. The Morgan fingerprint density at radius 1 is 1.27 bits per heavy atom. The van der Waals surface area contributed by atoms with Crippen LogP contribution in [0.25, 0.3) is 0 Å². The number of rotatable bonds is 1. The van der Waals surface area contributed by atoms with Gasteiger partial charge >= 0.3 is 0 Å². The second kappa shape index (κ2) is 4.29. The van der Waals surface area contributed by atoms with Gasteiger partial charge < -0.3 is 4.74 Å². The van der Waals surface area contributed by atoms with Crippen LogP contribution in [-0.4, -0.2) is 12.2 Å². The molecule has 0 aromatic rings. The van der Waals surface area contributed by atoms with Gasteiger partial charge in [0.05, 0.1) is 12.2 Å². The molecule has 1 fully saturated rings. The summed E-state index contributed by atoms with van der Waals surface area (Å²) in [5.74, 6) is 2.36. The molecule has 1 aliphatic carbocycles. The van der Waals surface area contributed by atoms with E-state index in [1.54, 1.807) is 0 Å². The van der Waals surface area contributed by atoms with E-state index in [0.29, 0.717) is 0 Å². The summed E-state index contributed by atoms with van der Waals surface area (Å²) in [6.45, 7) is 7.91. The molecule has 0 amide bonds. The van der Waals surface area contributed by atoms with E-state index < -0.39 is 0 Å². The van der Waals surface area contributed by atoms with E-state index in [-0.39, 0.29) is 5.60 Å². The first-order chi connectivity index (χ1) is 7.14. The third-order valence-electron chi connectivity index (χ3n) is 4.24. The highest BCUT2D eigenvalue weighted by atomic mass is 16.5. The van der Waals surface area contributed by atoms with Crippen molar-refractivity contribution in [2.45, 2.75) is 52.1 Å². The van der Waals surface area contributed by atoms with Gasteiger partial charge in [0.1, 0.15) is 0 Å². The molecule has 1 aliphatic heterocycles. The van der Waals surface area contributed by atoms with Gasteiger partial charge in [-0.3, -0.25) is 0 Å². The minimum absolute atomic E-state index is 0.181. The first-order valence-electron chi connectivity index (χ1n) is 6.43. The SMILES string of the molecule is CC(C)[C@@H]1CC[C@@H](C)C[C@@]12CC=CCO2. The maximum atomic E-state index is 6.16. The highest BCUT2D eigenvalue weighted by Gasteiger charge is 2.44. The fourth-order valence-electron chi connectivity index (χ4n) is 3.54. The van der Waals surface area contributed by atoms with Gasteiger partial charge in [0.2, 0.25) is 0 Å². The Hall–Kier alpha value is -0.300. The lowest BCUT2D eigenvalue weighted by molar-refractivity contribution is -0.126. The minimum atomic E-state index is 0.181. The van der Waals surface area contributed by atoms with Crippen molar-refractivity contribution >= 4 is 0 Å². The Balaban J connectivity index is 2.18. The van der Waals surface area contributed by atoms with Gasteiger partial charge in [-0.2, -0.15) is 0 Å². The van der Waals surface area contributed by atoms with E-state index in [1.807, 2.05) is 0 Å². The monoisotopic (exact) mass is 208 g/mol. The van der Waals surface area contributed by atoms with Crippen LogP contribution >= 0.6 is 0 Å². The fourth-order valence-corrected chi connectivity index (χ4v) is 3.54. The Bertz CT molecular complexity index is 244. The molecule has 2 rings (SSSR count). The van der Waals surface area contributed by atoms with Crippen molar-refractivity contribution in [1.82, 2.24) is 0 Å². The lowest BCUT2D eigenvalue weighted by Gasteiger charge is -2.48. The molecule has 0 radical (unpaired) electrons. The molecule has 0 aromatic heterocycles. The molecule has 1 nitrogen and oxygen atoms in total. The van der Waals surface area contributed by atoms with Crippen LogP contribution in [0.5, 0.6) is 0 Å². The summed E-state index contributed by atoms with van der Waals surface area (Å²) in [6.07, 6.45) is 9.64. The summed E-state index contributed by atoms with van der Waals surface area (Å²) >= 11 is 0. The van der Waals surface area contributed by atoms with Crippen molar-refractivity contribution in [2.75, 3.05) is 6.61 Å². The van der Waals surface area contributed by atoms with Gasteiger partial charge in [0.25, 0.3) is 0 Å². The maximum absolute atomic E-state index is 6.16. The van der Waals surface area contributed by atoms with Gasteiger partial charge in [0.15, 0.2) is 0 Å². The Labute approximate surface area is 93.9 Å². The summed E-state index contributed by atoms with van der Waals surface area (Å²) in [7, 11) is 0. The van der Waals surface area contributed by atoms with Crippen LogP contribution in [0.4, 0.5) is 0 Å². The van der Waals surface area contributed by atoms with Gasteiger partial charge in [-0.05, 0) is 37.0 Å². The predicted molar refractivity (Wildman–Crippen MR) is 63.8 cm³/mol. The number of hydrogen-bond acceptors (Lipinski definition) is 1. The third-order valence-corrected chi connectivity index (χ3v) is 4.24. The third kappa shape index (κ3) is 2.13. The zero-order valence-electron chi connectivity index (χ0n) is 10.3. The van der Waals surface area contributed by atoms with E-state index in [2.05, 4.69) is 32.9 Å². The summed E-state index contributed by atoms with van der Waals surface area (Å²) in [4.78, 5) is 0. The van der Waals surface area contributed by atoms with Crippen molar-refractivity contribution in [3.63, 3.8) is 0 Å². The molecule has 0 aromatic carbocycles. The van der Waals surface area contributed by atoms with Crippen LogP contribution in [-0.2, 0) is 4.74 Å². The molecule has 0 saturated heterocycles. The lowest BCUT2D eigenvalue weighted by atomic mass is 9.65. The number of hydrogen-bond donors (Lipinski definition) is 0. The standard InChI is InChI=1S/C14H24O/c1-11(2)13-7-6-12(3)10-14(13)8-4-5-9-15-14/h4-5,11-13H,6-10H2,1-3H3/t12-,13+,14+/m1/s1. The molecule has 2 aliphatic rings. The average molecular weight is 208 g/mol. The Morgan fingerprint density at radius 2 is 2.07 bits per heavy atom. The van der Waals surface area contributed by atoms with E-state index in [9.17, 15) is 0 Å². The Morgan fingerprint density at radius 3 is 2.67 bits per heavy atom. The van der Waals surface area contributed by atoms with E-state index >= 15 is 0 Å². The summed E-state index contributed by atoms with van der Waals surface area (Å²) in [6, 6.07) is 0. The molecule has 1 heteroatoms. The highest BCUT2D eigenvalue weighted by Crippen LogP contribution is 2.46. The van der Waals surface area contributed by atoms with E-state index in [1.165, 1.54) is 19.3 Å². The minimum Gasteiger partial charge on any atom is -0.370 e. The topological polar surface area (TPSA) is 9.23 Å². The molecule has 0 N–H and O–H groups in total. The van der Waals surface area contributed by atoms with Crippen molar-refractivity contribution in [3.05, 3.63) is 12.2 Å². The first-order valence-corrected chi connectivity index (χ1v) is 6.43. The summed E-state index contributed by atoms with van der Waals surface area (Å²) in [5, 5.41) is 0. The van der Waals surface area contributed by atoms with Gasteiger partial charge in [-0.1, -0.05) is 39.3 Å².